The molecule has 2 heterocycles. The van der Waals surface area contributed by atoms with Crippen molar-refractivity contribution in [1.29, 1.82) is 0 Å². The first kappa shape index (κ1) is 14.0. The van der Waals surface area contributed by atoms with Gasteiger partial charge >= 0.3 is 0 Å². The molecular weight excluding hydrogens is 306 g/mol. The molecule has 0 saturated heterocycles. The van der Waals surface area contributed by atoms with E-state index in [1.54, 1.807) is 23.5 Å². The van der Waals surface area contributed by atoms with Gasteiger partial charge in [0, 0.05) is 28.2 Å². The molecule has 23 heavy (non-hydrogen) atoms. The number of anilines is 1. The van der Waals surface area contributed by atoms with Crippen molar-refractivity contribution in [2.45, 2.75) is 12.3 Å². The largest absolute Gasteiger partial charge is 0.508 e. The third-order valence-corrected chi connectivity index (χ3v) is 5.27. The Kier molecular flexibility index (Phi) is 3.39. The molecule has 4 heteroatoms. The van der Waals surface area contributed by atoms with E-state index in [0.29, 0.717) is 6.42 Å². The summed E-state index contributed by atoms with van der Waals surface area (Å²) in [7, 11) is 0. The summed E-state index contributed by atoms with van der Waals surface area (Å²) in [6.07, 6.45) is 0.437. The fourth-order valence-electron chi connectivity index (χ4n) is 3.03. The number of rotatable bonds is 2. The Balaban J connectivity index is 1.81. The van der Waals surface area contributed by atoms with E-state index in [0.717, 1.165) is 22.4 Å². The molecular formula is C19H15NO2S. The number of amides is 1. The number of phenolic OH excluding ortho intramolecular Hbond substituents is 1. The van der Waals surface area contributed by atoms with Gasteiger partial charge < -0.3 is 10.4 Å². The summed E-state index contributed by atoms with van der Waals surface area (Å²) in [6, 6.07) is 17.2. The molecule has 2 N–H and O–H groups in total. The molecule has 0 saturated carbocycles. The Hall–Kier alpha value is -2.59. The van der Waals surface area contributed by atoms with Crippen molar-refractivity contribution in [3.05, 3.63) is 70.4 Å². The molecule has 0 spiro atoms. The zero-order valence-corrected chi connectivity index (χ0v) is 13.1. The number of benzene rings is 2. The van der Waals surface area contributed by atoms with Crippen LogP contribution in [0.3, 0.4) is 0 Å². The average Bonchev–Trinajstić information content (AvgIpc) is 2.99. The van der Waals surface area contributed by atoms with Crippen LogP contribution in [0.15, 0.2) is 60.0 Å². The smallest absolute Gasteiger partial charge is 0.225 e. The number of aromatic hydroxyl groups is 1. The summed E-state index contributed by atoms with van der Waals surface area (Å²) in [4.78, 5) is 13.4. The summed E-state index contributed by atoms with van der Waals surface area (Å²) < 4.78 is 0. The van der Waals surface area contributed by atoms with Crippen LogP contribution in [0.5, 0.6) is 5.75 Å². The first-order valence-corrected chi connectivity index (χ1v) is 8.36. The van der Waals surface area contributed by atoms with E-state index in [9.17, 15) is 9.90 Å². The van der Waals surface area contributed by atoms with Crippen molar-refractivity contribution in [2.75, 3.05) is 5.32 Å². The minimum absolute atomic E-state index is 0.0335. The van der Waals surface area contributed by atoms with Gasteiger partial charge in [-0.2, -0.15) is 0 Å². The Labute approximate surface area is 138 Å². The molecule has 4 rings (SSSR count). The van der Waals surface area contributed by atoms with E-state index in [4.69, 9.17) is 0 Å². The third-order valence-electron chi connectivity index (χ3n) is 4.17. The Morgan fingerprint density at radius 1 is 1.04 bits per heavy atom. The lowest BCUT2D eigenvalue weighted by molar-refractivity contribution is -0.116. The van der Waals surface area contributed by atoms with Crippen LogP contribution in [0, 0.1) is 0 Å². The molecule has 2 aromatic carbocycles. The molecule has 3 aromatic rings. The van der Waals surface area contributed by atoms with Crippen LogP contribution in [0.25, 0.3) is 11.1 Å². The van der Waals surface area contributed by atoms with Crippen LogP contribution < -0.4 is 5.32 Å². The molecule has 1 aliphatic rings. The van der Waals surface area contributed by atoms with Crippen LogP contribution in [-0.4, -0.2) is 11.0 Å². The maximum absolute atomic E-state index is 12.2. The topological polar surface area (TPSA) is 49.3 Å². The average molecular weight is 321 g/mol. The lowest BCUT2D eigenvalue weighted by Crippen LogP contribution is -2.22. The molecule has 114 valence electrons. The second-order valence-electron chi connectivity index (χ2n) is 5.65. The quantitative estimate of drug-likeness (QED) is 0.725. The van der Waals surface area contributed by atoms with Gasteiger partial charge in [0.1, 0.15) is 5.75 Å². The van der Waals surface area contributed by atoms with Crippen molar-refractivity contribution in [2.24, 2.45) is 0 Å². The van der Waals surface area contributed by atoms with E-state index in [-0.39, 0.29) is 17.6 Å². The fourth-order valence-corrected chi connectivity index (χ4v) is 4.19. The Morgan fingerprint density at radius 2 is 1.78 bits per heavy atom. The molecule has 1 aromatic heterocycles. The predicted molar refractivity (Wildman–Crippen MR) is 93.0 cm³/mol. The van der Waals surface area contributed by atoms with Gasteiger partial charge in [-0.15, -0.1) is 11.3 Å². The summed E-state index contributed by atoms with van der Waals surface area (Å²) in [5.74, 6) is 0.318. The number of carbonyl (C=O) groups is 1. The Bertz CT molecular complexity index is 853. The number of nitrogens with one attached hydrogen (secondary N) is 1. The van der Waals surface area contributed by atoms with E-state index in [2.05, 4.69) is 22.8 Å². The normalized spacial score (nSPS) is 16.7. The van der Waals surface area contributed by atoms with E-state index in [1.165, 1.54) is 4.88 Å². The molecule has 1 amide bonds. The zero-order chi connectivity index (χ0) is 15.8. The molecule has 0 bridgehead atoms. The zero-order valence-electron chi connectivity index (χ0n) is 12.3. The summed E-state index contributed by atoms with van der Waals surface area (Å²) in [6.45, 7) is 0. The van der Waals surface area contributed by atoms with Crippen molar-refractivity contribution in [3.8, 4) is 16.9 Å². The van der Waals surface area contributed by atoms with E-state index in [1.807, 2.05) is 30.3 Å². The highest BCUT2D eigenvalue weighted by Crippen LogP contribution is 2.46. The molecule has 0 unspecified atom stereocenters. The lowest BCUT2D eigenvalue weighted by atomic mass is 9.89. The van der Waals surface area contributed by atoms with Gasteiger partial charge in [0.2, 0.25) is 5.91 Å². The predicted octanol–water partition coefficient (Wildman–Crippen LogP) is 4.59. The standard InChI is InChI=1S/C19H15NO2S/c21-14-8-6-13(7-9-14)15-10-17(22)20-18-16(11-23-19(15)18)12-4-2-1-3-5-12/h1-9,11,15,21H,10H2,(H,20,22)/t15-/m0/s1. The number of hydrogen-bond donors (Lipinski definition) is 2. The maximum Gasteiger partial charge on any atom is 0.225 e. The second-order valence-corrected chi connectivity index (χ2v) is 6.56. The number of fused-ring (bicyclic) bond motifs is 1. The van der Waals surface area contributed by atoms with Gasteiger partial charge in [0.25, 0.3) is 0 Å². The third kappa shape index (κ3) is 2.51. The summed E-state index contributed by atoms with van der Waals surface area (Å²) in [5.41, 5.74) is 4.16. The minimum Gasteiger partial charge on any atom is -0.508 e. The minimum atomic E-state index is 0.0335. The second kappa shape index (κ2) is 5.56. The van der Waals surface area contributed by atoms with E-state index >= 15 is 0 Å². The first-order chi connectivity index (χ1) is 11.2. The SMILES string of the molecule is O=C1C[C@@H](c2ccc(O)cc2)c2scc(-c3ccccc3)c2N1. The number of hydrogen-bond acceptors (Lipinski definition) is 3. The number of carbonyl (C=O) groups excluding carboxylic acids is 1. The highest BCUT2D eigenvalue weighted by Gasteiger charge is 2.30. The maximum atomic E-state index is 12.2. The van der Waals surface area contributed by atoms with Gasteiger partial charge in [-0.05, 0) is 23.3 Å². The van der Waals surface area contributed by atoms with Crippen LogP contribution in [0.1, 0.15) is 22.8 Å². The molecule has 1 atom stereocenters. The number of phenols is 1. The molecule has 0 radical (unpaired) electrons. The van der Waals surface area contributed by atoms with Crippen molar-refractivity contribution < 1.29 is 9.90 Å². The van der Waals surface area contributed by atoms with Gasteiger partial charge in [0.05, 0.1) is 5.69 Å². The molecule has 0 fully saturated rings. The van der Waals surface area contributed by atoms with Crippen LogP contribution in [0.2, 0.25) is 0 Å². The van der Waals surface area contributed by atoms with Gasteiger partial charge in [0.15, 0.2) is 0 Å². The van der Waals surface area contributed by atoms with Gasteiger partial charge in [-0.1, -0.05) is 42.5 Å². The van der Waals surface area contributed by atoms with Crippen molar-refractivity contribution >= 4 is 22.9 Å². The molecule has 0 aliphatic carbocycles. The molecule has 3 nitrogen and oxygen atoms in total. The van der Waals surface area contributed by atoms with Crippen LogP contribution >= 0.6 is 11.3 Å². The van der Waals surface area contributed by atoms with Crippen LogP contribution in [0.4, 0.5) is 5.69 Å². The summed E-state index contributed by atoms with van der Waals surface area (Å²) >= 11 is 1.68. The number of thiophene rings is 1. The van der Waals surface area contributed by atoms with Crippen LogP contribution in [-0.2, 0) is 4.79 Å². The van der Waals surface area contributed by atoms with Gasteiger partial charge in [-0.25, -0.2) is 0 Å². The highest BCUT2D eigenvalue weighted by molar-refractivity contribution is 7.11. The Morgan fingerprint density at radius 3 is 2.52 bits per heavy atom. The molecule has 1 aliphatic heterocycles. The summed E-state index contributed by atoms with van der Waals surface area (Å²) in [5, 5.41) is 14.6. The fraction of sp³-hybridized carbons (Fsp3) is 0.105. The lowest BCUT2D eigenvalue weighted by Gasteiger charge is -2.24. The highest BCUT2D eigenvalue weighted by atomic mass is 32.1. The van der Waals surface area contributed by atoms with E-state index < -0.39 is 0 Å². The van der Waals surface area contributed by atoms with Crippen molar-refractivity contribution in [1.82, 2.24) is 0 Å². The first-order valence-electron chi connectivity index (χ1n) is 7.48. The van der Waals surface area contributed by atoms with Gasteiger partial charge in [-0.3, -0.25) is 4.79 Å². The van der Waals surface area contributed by atoms with Crippen molar-refractivity contribution in [3.63, 3.8) is 0 Å². The monoisotopic (exact) mass is 321 g/mol.